The van der Waals surface area contributed by atoms with Crippen LogP contribution in [0.4, 0.5) is 10.5 Å². The highest BCUT2D eigenvalue weighted by molar-refractivity contribution is 7.92. The molecular formula is C23H39N3O6S. The molecule has 1 aromatic rings. The maximum absolute atomic E-state index is 12.6. The Labute approximate surface area is 197 Å². The number of nitrogens with zero attached hydrogens (tertiary/aromatic N) is 1. The summed E-state index contributed by atoms with van der Waals surface area (Å²) in [6.07, 6.45) is 0.897. The van der Waals surface area contributed by atoms with Crippen molar-refractivity contribution in [3.05, 3.63) is 23.8 Å². The lowest BCUT2D eigenvalue weighted by Gasteiger charge is -2.29. The first kappa shape index (κ1) is 28.5. The maximum Gasteiger partial charge on any atom is 0.405 e. The van der Waals surface area contributed by atoms with Gasteiger partial charge in [-0.2, -0.15) is 0 Å². The minimum Gasteiger partial charge on any atom is -0.505 e. The summed E-state index contributed by atoms with van der Waals surface area (Å²) in [5.74, 6) is -0.310. The molecule has 0 saturated heterocycles. The number of carboxylic acid groups (broad SMARTS) is 1. The molecule has 0 bridgehead atoms. The second kappa shape index (κ2) is 11.6. The summed E-state index contributed by atoms with van der Waals surface area (Å²) in [6.45, 7) is 11.7. The number of benzene rings is 1. The SMILES string of the molecule is CC(C)CCN(c1cccc(C[C@@H](C)CNC(=O)[C@@H](NC(=O)O)C(C)(C)C)c1O)S(C)(=O)=O. The van der Waals surface area contributed by atoms with Gasteiger partial charge in [0.25, 0.3) is 0 Å². The average molecular weight is 486 g/mol. The Bertz CT molecular complexity index is 925. The molecule has 0 saturated carbocycles. The van der Waals surface area contributed by atoms with E-state index in [4.69, 9.17) is 5.11 Å². The normalized spacial score (nSPS) is 13.9. The first-order valence-corrected chi connectivity index (χ1v) is 12.9. The Hall–Kier alpha value is -2.49. The highest BCUT2D eigenvalue weighted by Gasteiger charge is 2.33. The van der Waals surface area contributed by atoms with Crippen LogP contribution in [0.3, 0.4) is 0 Å². The Kier molecular flexibility index (Phi) is 10.0. The predicted molar refractivity (Wildman–Crippen MR) is 130 cm³/mol. The van der Waals surface area contributed by atoms with E-state index in [0.29, 0.717) is 24.3 Å². The van der Waals surface area contributed by atoms with E-state index in [1.807, 2.05) is 20.8 Å². The molecule has 0 spiro atoms. The molecule has 9 nitrogen and oxygen atoms in total. The lowest BCUT2D eigenvalue weighted by Crippen LogP contribution is -2.53. The molecule has 0 aliphatic rings. The van der Waals surface area contributed by atoms with Gasteiger partial charge in [-0.1, -0.05) is 53.7 Å². The fourth-order valence-electron chi connectivity index (χ4n) is 3.41. The predicted octanol–water partition coefficient (Wildman–Crippen LogP) is 3.18. The molecule has 0 aromatic heterocycles. The second-order valence-corrected chi connectivity index (χ2v) is 12.0. The van der Waals surface area contributed by atoms with Crippen molar-refractivity contribution in [1.29, 1.82) is 0 Å². The third kappa shape index (κ3) is 9.11. The van der Waals surface area contributed by atoms with Crippen LogP contribution in [0.5, 0.6) is 5.75 Å². The zero-order chi connectivity index (χ0) is 25.6. The molecule has 0 radical (unpaired) electrons. The Morgan fingerprint density at radius 1 is 1.15 bits per heavy atom. The first-order chi connectivity index (χ1) is 15.0. The quantitative estimate of drug-likeness (QED) is 0.380. The third-order valence-electron chi connectivity index (χ3n) is 5.27. The monoisotopic (exact) mass is 485 g/mol. The number of carbonyl (C=O) groups is 2. The van der Waals surface area contributed by atoms with E-state index in [1.54, 1.807) is 39.0 Å². The fourth-order valence-corrected chi connectivity index (χ4v) is 4.35. The molecule has 4 N–H and O–H groups in total. The largest absolute Gasteiger partial charge is 0.505 e. The molecule has 0 heterocycles. The summed E-state index contributed by atoms with van der Waals surface area (Å²) in [6, 6.07) is 4.10. The summed E-state index contributed by atoms with van der Waals surface area (Å²) in [4.78, 5) is 23.6. The smallest absolute Gasteiger partial charge is 0.405 e. The Balaban J connectivity index is 2.96. The summed E-state index contributed by atoms with van der Waals surface area (Å²) < 4.78 is 25.9. The van der Waals surface area contributed by atoms with Crippen LogP contribution in [0.1, 0.15) is 53.5 Å². The summed E-state index contributed by atoms with van der Waals surface area (Å²) >= 11 is 0. The third-order valence-corrected chi connectivity index (χ3v) is 6.45. The molecular weight excluding hydrogens is 446 g/mol. The standard InChI is InChI=1S/C23H39N3O6S/c1-15(2)11-12-26(33(7,31)32)18-10-8-9-17(19(18)27)13-16(3)14-24-21(28)20(23(4,5)6)25-22(29)30/h8-10,15-16,20,25,27H,11-14H2,1-7H3,(H,24,28)(H,29,30)/t16-,20-/m1/s1. The van der Waals surface area contributed by atoms with Gasteiger partial charge in [0.15, 0.2) is 0 Å². The van der Waals surface area contributed by atoms with E-state index >= 15 is 0 Å². The van der Waals surface area contributed by atoms with E-state index in [-0.39, 0.29) is 30.4 Å². The van der Waals surface area contributed by atoms with Gasteiger partial charge in [-0.25, -0.2) is 13.2 Å². The van der Waals surface area contributed by atoms with Gasteiger partial charge in [0.1, 0.15) is 11.8 Å². The zero-order valence-electron chi connectivity index (χ0n) is 20.7. The molecule has 10 heteroatoms. The number of phenolic OH excluding ortho intramolecular Hbond substituents is 1. The lowest BCUT2D eigenvalue weighted by molar-refractivity contribution is -0.125. The van der Waals surface area contributed by atoms with E-state index in [1.165, 1.54) is 4.31 Å². The minimum absolute atomic E-state index is 0.0926. The number of nitrogens with one attached hydrogen (secondary N) is 2. The van der Waals surface area contributed by atoms with Crippen molar-refractivity contribution < 1.29 is 28.2 Å². The Morgan fingerprint density at radius 2 is 1.76 bits per heavy atom. The van der Waals surface area contributed by atoms with Gasteiger partial charge >= 0.3 is 6.09 Å². The van der Waals surface area contributed by atoms with Crippen molar-refractivity contribution in [2.24, 2.45) is 17.3 Å². The van der Waals surface area contributed by atoms with Crippen LogP contribution in [0, 0.1) is 17.3 Å². The van der Waals surface area contributed by atoms with Crippen molar-refractivity contribution in [2.45, 2.75) is 60.4 Å². The summed E-state index contributed by atoms with van der Waals surface area (Å²) in [5, 5.41) is 24.9. The van der Waals surface area contributed by atoms with E-state index in [2.05, 4.69) is 10.6 Å². The number of para-hydroxylation sites is 1. The minimum atomic E-state index is -3.57. The highest BCUT2D eigenvalue weighted by atomic mass is 32.2. The molecule has 2 amide bonds. The number of anilines is 1. The average Bonchev–Trinajstić information content (AvgIpc) is 2.64. The van der Waals surface area contributed by atoms with Gasteiger partial charge in [-0.05, 0) is 41.7 Å². The molecule has 1 rings (SSSR count). The van der Waals surface area contributed by atoms with Crippen LogP contribution < -0.4 is 14.9 Å². The highest BCUT2D eigenvalue weighted by Crippen LogP contribution is 2.34. The molecule has 0 aliphatic carbocycles. The van der Waals surface area contributed by atoms with Crippen molar-refractivity contribution in [1.82, 2.24) is 10.6 Å². The maximum atomic E-state index is 12.6. The van der Waals surface area contributed by atoms with Crippen molar-refractivity contribution in [3.63, 3.8) is 0 Å². The molecule has 0 fully saturated rings. The number of amides is 2. The van der Waals surface area contributed by atoms with Crippen LogP contribution in [-0.2, 0) is 21.2 Å². The van der Waals surface area contributed by atoms with E-state index < -0.39 is 33.5 Å². The molecule has 1 aromatic carbocycles. The number of sulfonamides is 1. The van der Waals surface area contributed by atoms with Crippen molar-refractivity contribution in [2.75, 3.05) is 23.7 Å². The first-order valence-electron chi connectivity index (χ1n) is 11.1. The number of hydrogen-bond donors (Lipinski definition) is 4. The van der Waals surface area contributed by atoms with Gasteiger partial charge < -0.3 is 20.8 Å². The Morgan fingerprint density at radius 3 is 2.24 bits per heavy atom. The van der Waals surface area contributed by atoms with Gasteiger partial charge in [0.2, 0.25) is 15.9 Å². The zero-order valence-corrected chi connectivity index (χ0v) is 21.5. The molecule has 0 unspecified atom stereocenters. The van der Waals surface area contributed by atoms with Crippen LogP contribution in [0.15, 0.2) is 18.2 Å². The van der Waals surface area contributed by atoms with Gasteiger partial charge in [0.05, 0.1) is 11.9 Å². The van der Waals surface area contributed by atoms with E-state index in [0.717, 1.165) is 6.26 Å². The second-order valence-electron chi connectivity index (χ2n) is 10.1. The lowest BCUT2D eigenvalue weighted by atomic mass is 9.86. The van der Waals surface area contributed by atoms with Crippen LogP contribution in [0.25, 0.3) is 0 Å². The number of phenols is 1. The van der Waals surface area contributed by atoms with Crippen LogP contribution in [-0.4, -0.2) is 56.0 Å². The van der Waals surface area contributed by atoms with Crippen LogP contribution >= 0.6 is 0 Å². The number of carbonyl (C=O) groups excluding carboxylic acids is 1. The number of aromatic hydroxyl groups is 1. The topological polar surface area (TPSA) is 136 Å². The number of rotatable bonds is 11. The van der Waals surface area contributed by atoms with Gasteiger partial charge in [-0.3, -0.25) is 9.10 Å². The van der Waals surface area contributed by atoms with E-state index in [9.17, 15) is 23.1 Å². The van der Waals surface area contributed by atoms with Crippen molar-refractivity contribution in [3.8, 4) is 5.75 Å². The summed E-state index contributed by atoms with van der Waals surface area (Å²) in [7, 11) is -3.57. The number of hydrogen-bond acceptors (Lipinski definition) is 5. The van der Waals surface area contributed by atoms with Crippen LogP contribution in [0.2, 0.25) is 0 Å². The molecule has 188 valence electrons. The van der Waals surface area contributed by atoms with Crippen molar-refractivity contribution >= 4 is 27.7 Å². The summed E-state index contributed by atoms with van der Waals surface area (Å²) in [5.41, 5.74) is 0.206. The molecule has 33 heavy (non-hydrogen) atoms. The van der Waals surface area contributed by atoms with Gasteiger partial charge in [0, 0.05) is 13.1 Å². The molecule has 0 aliphatic heterocycles. The molecule has 2 atom stereocenters. The fraction of sp³-hybridized carbons (Fsp3) is 0.652. The van der Waals surface area contributed by atoms with Gasteiger partial charge in [-0.15, -0.1) is 0 Å².